The van der Waals surface area contributed by atoms with Crippen molar-refractivity contribution in [3.05, 3.63) is 40.4 Å². The van der Waals surface area contributed by atoms with Crippen LogP contribution in [0.25, 0.3) is 10.8 Å². The number of fused-ring (bicyclic) bond motifs is 1. The van der Waals surface area contributed by atoms with Crippen molar-refractivity contribution >= 4 is 59.7 Å². The second kappa shape index (κ2) is 6.06. The molecule has 0 amide bonds. The molecule has 2 aromatic rings. The van der Waals surface area contributed by atoms with Crippen LogP contribution in [0.2, 0.25) is 0 Å². The zero-order chi connectivity index (χ0) is 16.0. The van der Waals surface area contributed by atoms with Crippen molar-refractivity contribution in [1.82, 2.24) is 0 Å². The van der Waals surface area contributed by atoms with Crippen LogP contribution >= 0.6 is 0 Å². The number of nitro groups is 1. The van der Waals surface area contributed by atoms with Crippen molar-refractivity contribution < 1.29 is 30.9 Å². The highest BCUT2D eigenvalue weighted by Crippen LogP contribution is 2.32. The Morgan fingerprint density at radius 2 is 1.45 bits per heavy atom. The van der Waals surface area contributed by atoms with Crippen molar-refractivity contribution in [2.45, 2.75) is 9.79 Å². The second-order valence-electron chi connectivity index (χ2n) is 4.00. The lowest BCUT2D eigenvalue weighted by Crippen LogP contribution is -2.04. The molecule has 2 radical (unpaired) electrons. The molecule has 22 heavy (non-hydrogen) atoms. The normalized spacial score (nSPS) is 11.9. The molecule has 0 atom stereocenters. The van der Waals surface area contributed by atoms with Gasteiger partial charge in [-0.05, 0) is 6.07 Å². The zero-order valence-corrected chi connectivity index (χ0v) is 13.7. The van der Waals surface area contributed by atoms with Crippen molar-refractivity contribution in [2.24, 2.45) is 0 Å². The lowest BCUT2D eigenvalue weighted by molar-refractivity contribution is -0.384. The molecule has 0 saturated heterocycles. The Hall–Kier alpha value is -1.31. The maximum Gasteiger partial charge on any atom is 0.295 e. The minimum absolute atomic E-state index is 0. The molecule has 0 unspecified atom stereocenters. The molecule has 2 rings (SSSR count). The van der Waals surface area contributed by atoms with Gasteiger partial charge in [0, 0.05) is 46.0 Å². The van der Waals surface area contributed by atoms with Crippen LogP contribution in [0.4, 0.5) is 5.69 Å². The van der Waals surface area contributed by atoms with Gasteiger partial charge in [-0.1, -0.05) is 12.1 Å². The first kappa shape index (κ1) is 18.7. The highest BCUT2D eigenvalue weighted by atomic mass is 32.2. The largest absolute Gasteiger partial charge is 0.295 e. The summed E-state index contributed by atoms with van der Waals surface area (Å²) in [6, 6.07) is 4.64. The fourth-order valence-electron chi connectivity index (χ4n) is 1.85. The van der Waals surface area contributed by atoms with Crippen LogP contribution in [0.15, 0.2) is 40.1 Å². The van der Waals surface area contributed by atoms with E-state index >= 15 is 0 Å². The number of nitro benzene ring substituents is 1. The molecular formula is C10H7MgNO8S2. The first-order valence-electron chi connectivity index (χ1n) is 5.18. The van der Waals surface area contributed by atoms with E-state index in [0.29, 0.717) is 6.07 Å². The van der Waals surface area contributed by atoms with Crippen molar-refractivity contribution in [3.63, 3.8) is 0 Å². The molecule has 0 fully saturated rings. The monoisotopic (exact) mass is 357 g/mol. The molecule has 0 aliphatic rings. The lowest BCUT2D eigenvalue weighted by Gasteiger charge is -2.07. The van der Waals surface area contributed by atoms with Crippen LogP contribution in [-0.2, 0) is 20.2 Å². The van der Waals surface area contributed by atoms with E-state index in [-0.39, 0.29) is 33.8 Å². The molecule has 0 aliphatic heterocycles. The molecule has 2 N–H and O–H groups in total. The SMILES string of the molecule is O=[N+]([O-])c1cc(S(=O)(=O)O)c2cccc(S(=O)(=O)O)c2c1.[Mg]. The number of benzene rings is 2. The summed E-state index contributed by atoms with van der Waals surface area (Å²) in [4.78, 5) is 8.33. The van der Waals surface area contributed by atoms with Crippen LogP contribution < -0.4 is 0 Å². The molecule has 0 heterocycles. The average molecular weight is 358 g/mol. The van der Waals surface area contributed by atoms with Crippen molar-refractivity contribution in [3.8, 4) is 0 Å². The Kier molecular flexibility index (Phi) is 5.16. The molecule has 12 heteroatoms. The summed E-state index contributed by atoms with van der Waals surface area (Å²) in [6.07, 6.45) is 0. The third kappa shape index (κ3) is 3.53. The Morgan fingerprint density at radius 3 is 1.91 bits per heavy atom. The van der Waals surface area contributed by atoms with Crippen LogP contribution in [-0.4, -0.2) is 53.9 Å². The fraction of sp³-hybridized carbons (Fsp3) is 0. The second-order valence-corrected chi connectivity index (χ2v) is 6.78. The number of rotatable bonds is 3. The number of hydrogen-bond acceptors (Lipinski definition) is 6. The molecular weight excluding hydrogens is 351 g/mol. The molecule has 0 bridgehead atoms. The van der Waals surface area contributed by atoms with Gasteiger partial charge in [0.25, 0.3) is 25.9 Å². The third-order valence-electron chi connectivity index (χ3n) is 2.67. The van der Waals surface area contributed by atoms with Gasteiger partial charge in [0.15, 0.2) is 0 Å². The van der Waals surface area contributed by atoms with Gasteiger partial charge < -0.3 is 0 Å². The summed E-state index contributed by atoms with van der Waals surface area (Å²) < 4.78 is 63.4. The van der Waals surface area contributed by atoms with E-state index in [2.05, 4.69) is 0 Å². The van der Waals surface area contributed by atoms with Crippen molar-refractivity contribution in [2.75, 3.05) is 0 Å². The van der Waals surface area contributed by atoms with Crippen LogP contribution in [0, 0.1) is 10.1 Å². The fourth-order valence-corrected chi connectivity index (χ4v) is 3.28. The van der Waals surface area contributed by atoms with Gasteiger partial charge in [0.1, 0.15) is 9.79 Å². The van der Waals surface area contributed by atoms with Gasteiger partial charge in [0.2, 0.25) is 0 Å². The minimum Gasteiger partial charge on any atom is -0.282 e. The summed E-state index contributed by atoms with van der Waals surface area (Å²) in [7, 11) is -9.56. The number of hydrogen-bond donors (Lipinski definition) is 2. The number of non-ortho nitro benzene ring substituents is 1. The van der Waals surface area contributed by atoms with Gasteiger partial charge in [-0.2, -0.15) is 16.8 Å². The Balaban J connectivity index is 0.00000242. The van der Waals surface area contributed by atoms with Gasteiger partial charge in [-0.15, -0.1) is 0 Å². The maximum atomic E-state index is 11.3. The molecule has 0 aromatic heterocycles. The standard InChI is InChI=1S/C10H7NO8S2.Mg/c12-11(13)6-4-8-7(10(5-6)21(17,18)19)2-1-3-9(8)20(14,15)16;/h1-5H,(H,14,15,16)(H,17,18,19);. The Bertz CT molecular complexity index is 968. The summed E-state index contributed by atoms with van der Waals surface area (Å²) >= 11 is 0. The molecule has 114 valence electrons. The highest BCUT2D eigenvalue weighted by molar-refractivity contribution is 7.86. The zero-order valence-electron chi connectivity index (χ0n) is 10.7. The van der Waals surface area contributed by atoms with Gasteiger partial charge in [0.05, 0.1) is 4.92 Å². The first-order valence-corrected chi connectivity index (χ1v) is 8.06. The van der Waals surface area contributed by atoms with E-state index in [9.17, 15) is 26.9 Å². The number of nitrogens with zero attached hydrogens (tertiary/aromatic N) is 1. The first-order chi connectivity index (χ1) is 9.51. The van der Waals surface area contributed by atoms with E-state index in [4.69, 9.17) is 9.11 Å². The van der Waals surface area contributed by atoms with Gasteiger partial charge in [-0.3, -0.25) is 19.2 Å². The smallest absolute Gasteiger partial charge is 0.282 e. The quantitative estimate of drug-likeness (QED) is 0.355. The van der Waals surface area contributed by atoms with E-state index in [0.717, 1.165) is 24.3 Å². The lowest BCUT2D eigenvalue weighted by atomic mass is 10.1. The minimum atomic E-state index is -4.83. The highest BCUT2D eigenvalue weighted by Gasteiger charge is 2.24. The summed E-state index contributed by atoms with van der Waals surface area (Å²) in [5.74, 6) is 0. The van der Waals surface area contributed by atoms with Crippen LogP contribution in [0.3, 0.4) is 0 Å². The van der Waals surface area contributed by atoms with E-state index in [1.807, 2.05) is 0 Å². The molecule has 0 aliphatic carbocycles. The van der Waals surface area contributed by atoms with Crippen LogP contribution in [0.1, 0.15) is 0 Å². The molecule has 9 nitrogen and oxygen atoms in total. The van der Waals surface area contributed by atoms with E-state index in [1.165, 1.54) is 0 Å². The summed E-state index contributed by atoms with van der Waals surface area (Å²) in [5, 5.41) is 10.1. The summed E-state index contributed by atoms with van der Waals surface area (Å²) in [5.41, 5.74) is -0.744. The van der Waals surface area contributed by atoms with Crippen molar-refractivity contribution in [1.29, 1.82) is 0 Å². The molecule has 2 aromatic carbocycles. The molecule has 0 spiro atoms. The molecule has 0 saturated carbocycles. The predicted molar refractivity (Wildman–Crippen MR) is 76.0 cm³/mol. The third-order valence-corrected chi connectivity index (χ3v) is 4.47. The predicted octanol–water partition coefficient (Wildman–Crippen LogP) is 0.861. The van der Waals surface area contributed by atoms with E-state index in [1.54, 1.807) is 0 Å². The summed E-state index contributed by atoms with van der Waals surface area (Å²) in [6.45, 7) is 0. The Morgan fingerprint density at radius 1 is 0.909 bits per heavy atom. The van der Waals surface area contributed by atoms with Gasteiger partial charge in [-0.25, -0.2) is 0 Å². The average Bonchev–Trinajstić information content (AvgIpc) is 2.34. The van der Waals surface area contributed by atoms with Crippen LogP contribution in [0.5, 0.6) is 0 Å². The Labute approximate surface area is 140 Å². The maximum absolute atomic E-state index is 11.3. The van der Waals surface area contributed by atoms with Gasteiger partial charge >= 0.3 is 0 Å². The topological polar surface area (TPSA) is 152 Å². The van der Waals surface area contributed by atoms with E-state index < -0.39 is 40.6 Å².